The normalized spacial score (nSPS) is 9.74. The summed E-state index contributed by atoms with van der Waals surface area (Å²) in [6.45, 7) is 12.5. The summed E-state index contributed by atoms with van der Waals surface area (Å²) in [5.74, 6) is 0.281. The van der Waals surface area contributed by atoms with Crippen LogP contribution in [0.15, 0.2) is 34.7 Å². The fourth-order valence-electron chi connectivity index (χ4n) is 1.94. The van der Waals surface area contributed by atoms with Crippen LogP contribution in [-0.4, -0.2) is 11.5 Å². The maximum atomic E-state index is 13.8. The van der Waals surface area contributed by atoms with Gasteiger partial charge in [0.15, 0.2) is 0 Å². The van der Waals surface area contributed by atoms with Gasteiger partial charge in [0.1, 0.15) is 0 Å². The number of anilines is 1. The van der Waals surface area contributed by atoms with Crippen LogP contribution in [0.3, 0.4) is 0 Å². The molecule has 128 valence electrons. The van der Waals surface area contributed by atoms with Gasteiger partial charge in [-0.15, -0.1) is 0 Å². The molecular weight excluding hydrogens is 338 g/mol. The molecule has 0 atom stereocenters. The van der Waals surface area contributed by atoms with Crippen molar-refractivity contribution in [2.75, 3.05) is 11.9 Å². The van der Waals surface area contributed by atoms with Crippen molar-refractivity contribution in [2.24, 2.45) is 0 Å². The summed E-state index contributed by atoms with van der Waals surface area (Å²) in [7, 11) is 0. The molecule has 1 aromatic rings. The van der Waals surface area contributed by atoms with Crippen LogP contribution in [0.25, 0.3) is 22.6 Å². The molecule has 0 radical (unpaired) electrons. The fraction of sp³-hybridized carbons (Fsp3) is 0.222. The molecule has 3 nitrogen and oxygen atoms in total. The Labute approximate surface area is 144 Å². The molecule has 2 aliphatic rings. The summed E-state index contributed by atoms with van der Waals surface area (Å²) in [6, 6.07) is 8.34. The third-order valence-corrected chi connectivity index (χ3v) is 3.09. The average Bonchev–Trinajstić information content (AvgIpc) is 2.58. The summed E-state index contributed by atoms with van der Waals surface area (Å²) < 4.78 is 20.3. The molecule has 0 fully saturated rings. The number of nitrogens with one attached hydrogen (secondary N) is 1. The number of halogens is 1. The zero-order valence-corrected chi connectivity index (χ0v) is 14.5. The number of nitrogens with zero attached hydrogens (tertiary/aromatic N) is 1. The molecule has 0 amide bonds. The largest absolute Gasteiger partial charge is 0.346 e. The third-order valence-electron chi connectivity index (χ3n) is 2.78. The molecule has 0 bridgehead atoms. The van der Waals surface area contributed by atoms with Gasteiger partial charge in [0.2, 0.25) is 0 Å². The van der Waals surface area contributed by atoms with Crippen molar-refractivity contribution >= 4 is 16.8 Å². The van der Waals surface area contributed by atoms with Crippen LogP contribution in [0, 0.1) is 23.8 Å². The van der Waals surface area contributed by atoms with Gasteiger partial charge in [-0.3, -0.25) is 0 Å². The molecule has 1 aromatic carbocycles. The Morgan fingerprint density at radius 3 is 2.52 bits per heavy atom. The molecule has 0 saturated heterocycles. The van der Waals surface area contributed by atoms with Gasteiger partial charge in [0.05, 0.1) is 0 Å². The van der Waals surface area contributed by atoms with Crippen LogP contribution < -0.4 is 5.32 Å². The zero-order chi connectivity index (χ0) is 17.4. The number of fused-ring (bicyclic) bond motifs is 2. The van der Waals surface area contributed by atoms with E-state index in [1.165, 1.54) is 6.07 Å². The van der Waals surface area contributed by atoms with Crippen molar-refractivity contribution in [1.82, 2.24) is 4.98 Å². The van der Waals surface area contributed by atoms with Crippen molar-refractivity contribution in [3.63, 3.8) is 0 Å². The molecule has 23 heavy (non-hydrogen) atoms. The van der Waals surface area contributed by atoms with E-state index in [1.807, 2.05) is 6.92 Å². The van der Waals surface area contributed by atoms with Crippen molar-refractivity contribution in [1.29, 1.82) is 0 Å². The van der Waals surface area contributed by atoms with E-state index in [2.05, 4.69) is 24.1 Å². The maximum absolute atomic E-state index is 13.8. The fourth-order valence-corrected chi connectivity index (χ4v) is 2.15. The quantitative estimate of drug-likeness (QED) is 0.385. The molecule has 1 aliphatic heterocycles. The number of hydrogen-bond acceptors (Lipinski definition) is 3. The monoisotopic (exact) mass is 358 g/mol. The van der Waals surface area contributed by atoms with E-state index in [1.54, 1.807) is 38.1 Å². The first-order valence-electron chi connectivity index (χ1n) is 7.32. The molecule has 0 aromatic heterocycles. The van der Waals surface area contributed by atoms with Gasteiger partial charge in [0.25, 0.3) is 0 Å². The van der Waals surface area contributed by atoms with Gasteiger partial charge < -0.3 is 13.8 Å². The summed E-state index contributed by atoms with van der Waals surface area (Å²) >= 11 is 4.78. The van der Waals surface area contributed by atoms with Crippen molar-refractivity contribution < 1.29 is 23.8 Å². The summed E-state index contributed by atoms with van der Waals surface area (Å²) in [6.07, 6.45) is 0. The minimum absolute atomic E-state index is 0.335. The molecule has 0 saturated carbocycles. The standard InChI is InChI=1S/C14H11FN2O.2C2H5.Ni/c1-2-16-11-8-14-12(7-9(11)15)17-10-5-3-4-6-13(10)18-14;2*1-2;/h3,5-8,16H,2H2,1H3;2*1H2,2H3;/q;2*-1;. The van der Waals surface area contributed by atoms with E-state index in [9.17, 15) is 4.39 Å². The summed E-state index contributed by atoms with van der Waals surface area (Å²) in [4.78, 5) is 4.38. The second-order valence-electron chi connectivity index (χ2n) is 4.12. The molecule has 5 heteroatoms. The molecule has 0 unspecified atom stereocenters. The van der Waals surface area contributed by atoms with Gasteiger partial charge in [-0.25, -0.2) is 0 Å². The van der Waals surface area contributed by atoms with E-state index in [-0.39, 0.29) is 5.82 Å². The predicted octanol–water partition coefficient (Wildman–Crippen LogP) is 5.26. The molecule has 1 aliphatic carbocycles. The van der Waals surface area contributed by atoms with Crippen LogP contribution in [0.5, 0.6) is 0 Å². The molecule has 1 heterocycles. The Hall–Kier alpha value is -1.74. The third kappa shape index (κ3) is 4.62. The van der Waals surface area contributed by atoms with E-state index in [4.69, 9.17) is 19.4 Å². The van der Waals surface area contributed by atoms with E-state index in [0.29, 0.717) is 34.8 Å². The van der Waals surface area contributed by atoms with Crippen LogP contribution in [0.1, 0.15) is 20.8 Å². The SMILES string of the molecule is CCNc1cc2oc3c[c](=[Ni])ccc-3nc2cc1F.[CH2-]C.[CH2-]C. The Morgan fingerprint density at radius 2 is 1.87 bits per heavy atom. The second-order valence-corrected chi connectivity index (χ2v) is 4.69. The topological polar surface area (TPSA) is 38.1 Å². The van der Waals surface area contributed by atoms with E-state index >= 15 is 0 Å². The number of rotatable bonds is 2. The average molecular weight is 359 g/mol. The molecule has 3 rings (SSSR count). The Kier molecular flexibility index (Phi) is 7.90. The Balaban J connectivity index is 0.000000615. The summed E-state index contributed by atoms with van der Waals surface area (Å²) in [5, 5.41) is 2.95. The van der Waals surface area contributed by atoms with Gasteiger partial charge in [-0.05, 0) is 0 Å². The zero-order valence-electron chi connectivity index (χ0n) is 13.6. The Morgan fingerprint density at radius 1 is 1.17 bits per heavy atom. The molecular formula is C18H21FN2NiO-2. The van der Waals surface area contributed by atoms with E-state index in [0.717, 1.165) is 4.14 Å². The first-order valence-corrected chi connectivity index (χ1v) is 7.81. The number of aromatic nitrogens is 1. The van der Waals surface area contributed by atoms with Crippen LogP contribution in [-0.2, 0) is 15.0 Å². The van der Waals surface area contributed by atoms with Crippen LogP contribution >= 0.6 is 0 Å². The smallest absolute Gasteiger partial charge is 0.194 e. The minimum atomic E-state index is -0.335. The van der Waals surface area contributed by atoms with Crippen molar-refractivity contribution in [3.05, 3.63) is 54.1 Å². The van der Waals surface area contributed by atoms with E-state index < -0.39 is 0 Å². The molecule has 0 spiro atoms. The van der Waals surface area contributed by atoms with Crippen LogP contribution in [0.2, 0.25) is 0 Å². The molecule has 1 N–H and O–H groups in total. The van der Waals surface area contributed by atoms with Crippen LogP contribution in [0.4, 0.5) is 10.1 Å². The summed E-state index contributed by atoms with van der Waals surface area (Å²) in [5.41, 5.74) is 2.11. The number of benzene rings is 2. The Bertz CT molecular complexity index is 786. The second kappa shape index (κ2) is 9.41. The minimum Gasteiger partial charge on any atom is -0.346 e. The first kappa shape index (κ1) is 19.3. The first-order chi connectivity index (χ1) is 11.2. The number of hydrogen-bond donors (Lipinski definition) is 1. The van der Waals surface area contributed by atoms with Gasteiger partial charge in [0, 0.05) is 0 Å². The van der Waals surface area contributed by atoms with Gasteiger partial charge in [-0.1, -0.05) is 0 Å². The predicted molar refractivity (Wildman–Crippen MR) is 90.1 cm³/mol. The van der Waals surface area contributed by atoms with Crippen molar-refractivity contribution in [2.45, 2.75) is 20.8 Å². The van der Waals surface area contributed by atoms with Gasteiger partial charge in [-0.2, -0.15) is 13.8 Å². The maximum Gasteiger partial charge on any atom is -0.194 e. The van der Waals surface area contributed by atoms with Gasteiger partial charge >= 0.3 is 116 Å². The van der Waals surface area contributed by atoms with Crippen molar-refractivity contribution in [3.8, 4) is 11.5 Å².